The fraction of sp³-hybridized carbons (Fsp3) is 0.364. The molecular formula is C22H23ClF3N3O5S. The Hall–Kier alpha value is -3.12. The number of ether oxygens (including phenoxy) is 1. The number of nitrogens with one attached hydrogen (secondary N) is 2. The van der Waals surface area contributed by atoms with Crippen LogP contribution in [-0.4, -0.2) is 66.1 Å². The van der Waals surface area contributed by atoms with Gasteiger partial charge in [0.15, 0.2) is 0 Å². The number of aryl methyl sites for hydroxylation is 1. The second kappa shape index (κ2) is 12.5. The molecule has 0 bridgehead atoms. The quantitative estimate of drug-likeness (QED) is 0.220. The SMILES string of the molecule is Cc1cc(C(=N)N2CCCC2)ccc1C(=O)OCCNC(=O)c1ccc(Cl)s1.O=C(O)C(F)(F)F. The largest absolute Gasteiger partial charge is 0.490 e. The first-order chi connectivity index (χ1) is 16.4. The Balaban J connectivity index is 0.000000540. The van der Waals surface area contributed by atoms with Crippen LogP contribution in [0.3, 0.4) is 0 Å². The third-order valence-electron chi connectivity index (χ3n) is 4.80. The van der Waals surface area contributed by atoms with Crippen LogP contribution >= 0.6 is 22.9 Å². The molecule has 1 aromatic carbocycles. The van der Waals surface area contributed by atoms with Gasteiger partial charge in [0.05, 0.1) is 21.3 Å². The molecule has 13 heteroatoms. The Labute approximate surface area is 208 Å². The number of rotatable bonds is 6. The molecule has 0 radical (unpaired) electrons. The fourth-order valence-corrected chi connectivity index (χ4v) is 4.03. The number of halogens is 4. The number of aliphatic carboxylic acids is 1. The van der Waals surface area contributed by atoms with Crippen molar-refractivity contribution < 1.29 is 37.4 Å². The van der Waals surface area contributed by atoms with Gasteiger partial charge in [-0.1, -0.05) is 17.7 Å². The molecule has 0 unspecified atom stereocenters. The lowest BCUT2D eigenvalue weighted by Gasteiger charge is -2.19. The van der Waals surface area contributed by atoms with E-state index in [9.17, 15) is 22.8 Å². The van der Waals surface area contributed by atoms with Crippen LogP contribution in [0.25, 0.3) is 0 Å². The van der Waals surface area contributed by atoms with E-state index in [1.54, 1.807) is 24.3 Å². The van der Waals surface area contributed by atoms with Crippen molar-refractivity contribution in [2.75, 3.05) is 26.2 Å². The Morgan fingerprint density at radius 1 is 1.20 bits per heavy atom. The minimum absolute atomic E-state index is 0.0778. The van der Waals surface area contributed by atoms with E-state index in [1.165, 1.54) is 11.3 Å². The van der Waals surface area contributed by atoms with Gasteiger partial charge in [0.2, 0.25) is 0 Å². The third kappa shape index (κ3) is 8.55. The molecule has 8 nitrogen and oxygen atoms in total. The maximum absolute atomic E-state index is 12.3. The Morgan fingerprint density at radius 2 is 1.83 bits per heavy atom. The summed E-state index contributed by atoms with van der Waals surface area (Å²) >= 11 is 7.01. The number of carboxylic acids is 1. The van der Waals surface area contributed by atoms with E-state index in [2.05, 4.69) is 10.2 Å². The first-order valence-electron chi connectivity index (χ1n) is 10.4. The van der Waals surface area contributed by atoms with E-state index in [-0.39, 0.29) is 19.1 Å². The van der Waals surface area contributed by atoms with Crippen molar-refractivity contribution in [1.29, 1.82) is 5.41 Å². The highest BCUT2D eigenvalue weighted by atomic mass is 35.5. The van der Waals surface area contributed by atoms with Crippen molar-refractivity contribution in [1.82, 2.24) is 10.2 Å². The summed E-state index contributed by atoms with van der Waals surface area (Å²) in [7, 11) is 0. The highest BCUT2D eigenvalue weighted by Gasteiger charge is 2.38. The van der Waals surface area contributed by atoms with Crippen LogP contribution in [0, 0.1) is 12.3 Å². The van der Waals surface area contributed by atoms with E-state index in [0.29, 0.717) is 20.6 Å². The smallest absolute Gasteiger partial charge is 0.475 e. The molecule has 1 aromatic heterocycles. The lowest BCUT2D eigenvalue weighted by Crippen LogP contribution is -2.28. The normalized spacial score (nSPS) is 13.0. The van der Waals surface area contributed by atoms with Crippen molar-refractivity contribution in [3.8, 4) is 0 Å². The van der Waals surface area contributed by atoms with Crippen LogP contribution in [0.5, 0.6) is 0 Å². The van der Waals surface area contributed by atoms with Crippen LogP contribution in [0.1, 0.15) is 44.0 Å². The number of amides is 1. The lowest BCUT2D eigenvalue weighted by atomic mass is 10.0. The first kappa shape index (κ1) is 28.1. The predicted octanol–water partition coefficient (Wildman–Crippen LogP) is 4.35. The van der Waals surface area contributed by atoms with Crippen molar-refractivity contribution in [2.24, 2.45) is 0 Å². The summed E-state index contributed by atoms with van der Waals surface area (Å²) in [5.74, 6) is -2.94. The summed E-state index contributed by atoms with van der Waals surface area (Å²) in [5, 5.41) is 18.1. The first-order valence-corrected chi connectivity index (χ1v) is 11.5. The summed E-state index contributed by atoms with van der Waals surface area (Å²) in [4.78, 5) is 35.7. The molecule has 3 N–H and O–H groups in total. The zero-order valence-corrected chi connectivity index (χ0v) is 20.1. The lowest BCUT2D eigenvalue weighted by molar-refractivity contribution is -0.192. The monoisotopic (exact) mass is 533 g/mol. The number of carbonyl (C=O) groups is 3. The van der Waals surface area contributed by atoms with Gasteiger partial charge in [-0.05, 0) is 49.6 Å². The van der Waals surface area contributed by atoms with Gasteiger partial charge in [-0.15, -0.1) is 11.3 Å². The second-order valence-corrected chi connectivity index (χ2v) is 9.09. The molecule has 0 aliphatic carbocycles. The molecular weight excluding hydrogens is 511 g/mol. The molecule has 3 rings (SSSR count). The van der Waals surface area contributed by atoms with Gasteiger partial charge in [0.1, 0.15) is 12.4 Å². The average Bonchev–Trinajstić information content (AvgIpc) is 3.47. The number of hydrogen-bond donors (Lipinski definition) is 3. The molecule has 1 fully saturated rings. The van der Waals surface area contributed by atoms with Crippen molar-refractivity contribution in [3.05, 3.63) is 56.2 Å². The van der Waals surface area contributed by atoms with Crippen molar-refractivity contribution >= 4 is 46.6 Å². The standard InChI is InChI=1S/C20H22ClN3O3S.C2HF3O2/c1-13-12-14(18(22)24-9-2-3-10-24)4-5-15(13)20(26)27-11-8-23-19(25)16-6-7-17(21)28-16;3-2(4,5)1(6)7/h4-7,12,22H,2-3,8-11H2,1H3,(H,23,25);(H,6,7). The van der Waals surface area contributed by atoms with E-state index in [1.807, 2.05) is 13.0 Å². The highest BCUT2D eigenvalue weighted by molar-refractivity contribution is 7.18. The number of likely N-dealkylation sites (tertiary alicyclic amines) is 1. The minimum Gasteiger partial charge on any atom is -0.475 e. The van der Waals surface area contributed by atoms with Crippen LogP contribution in [-0.2, 0) is 9.53 Å². The third-order valence-corrected chi connectivity index (χ3v) is 6.03. The van der Waals surface area contributed by atoms with Gasteiger partial charge in [-0.25, -0.2) is 9.59 Å². The van der Waals surface area contributed by atoms with E-state index >= 15 is 0 Å². The maximum Gasteiger partial charge on any atom is 0.490 e. The number of benzene rings is 1. The number of carboxylic acid groups (broad SMARTS) is 1. The Kier molecular flexibility index (Phi) is 10.1. The number of thiophene rings is 1. The summed E-state index contributed by atoms with van der Waals surface area (Å²) < 4.78 is 37.5. The summed E-state index contributed by atoms with van der Waals surface area (Å²) in [5.41, 5.74) is 2.04. The number of hydrogen-bond acceptors (Lipinski definition) is 6. The molecule has 2 heterocycles. The Morgan fingerprint density at radius 3 is 2.34 bits per heavy atom. The zero-order chi connectivity index (χ0) is 26.2. The van der Waals surface area contributed by atoms with E-state index in [0.717, 1.165) is 37.1 Å². The summed E-state index contributed by atoms with van der Waals surface area (Å²) in [6.45, 7) is 3.95. The molecule has 1 aliphatic heterocycles. The van der Waals surface area contributed by atoms with Crippen LogP contribution < -0.4 is 5.32 Å². The number of amidine groups is 1. The second-order valence-electron chi connectivity index (χ2n) is 7.37. The predicted molar refractivity (Wildman–Crippen MR) is 124 cm³/mol. The van der Waals surface area contributed by atoms with Crippen molar-refractivity contribution in [2.45, 2.75) is 25.9 Å². The van der Waals surface area contributed by atoms with Crippen LogP contribution in [0.15, 0.2) is 30.3 Å². The number of esters is 1. The van der Waals surface area contributed by atoms with E-state index in [4.69, 9.17) is 31.6 Å². The Bertz CT molecular complexity index is 1080. The zero-order valence-electron chi connectivity index (χ0n) is 18.6. The molecule has 0 saturated carbocycles. The topological polar surface area (TPSA) is 120 Å². The summed E-state index contributed by atoms with van der Waals surface area (Å²) in [6, 6.07) is 8.64. The maximum atomic E-state index is 12.3. The molecule has 0 spiro atoms. The van der Waals surface area contributed by atoms with Gasteiger partial charge in [0.25, 0.3) is 5.91 Å². The molecule has 35 heavy (non-hydrogen) atoms. The van der Waals surface area contributed by atoms with Gasteiger partial charge < -0.3 is 20.1 Å². The van der Waals surface area contributed by atoms with Gasteiger partial charge in [0, 0.05) is 18.7 Å². The van der Waals surface area contributed by atoms with Crippen molar-refractivity contribution in [3.63, 3.8) is 0 Å². The number of nitrogens with zero attached hydrogens (tertiary/aromatic N) is 1. The molecule has 1 saturated heterocycles. The van der Waals surface area contributed by atoms with E-state index < -0.39 is 18.1 Å². The van der Waals surface area contributed by atoms with Crippen LogP contribution in [0.4, 0.5) is 13.2 Å². The van der Waals surface area contributed by atoms with Crippen LogP contribution in [0.2, 0.25) is 4.34 Å². The molecule has 2 aromatic rings. The molecule has 1 amide bonds. The fourth-order valence-electron chi connectivity index (χ4n) is 3.07. The molecule has 0 atom stereocenters. The highest BCUT2D eigenvalue weighted by Crippen LogP contribution is 2.21. The number of alkyl halides is 3. The minimum atomic E-state index is -5.08. The van der Waals surface area contributed by atoms with Gasteiger partial charge in [-0.2, -0.15) is 13.2 Å². The van der Waals surface area contributed by atoms with Gasteiger partial charge in [-0.3, -0.25) is 10.2 Å². The molecule has 1 aliphatic rings. The van der Waals surface area contributed by atoms with Gasteiger partial charge >= 0.3 is 18.1 Å². The summed E-state index contributed by atoms with van der Waals surface area (Å²) in [6.07, 6.45) is -2.86. The average molecular weight is 534 g/mol. The number of carbonyl (C=O) groups excluding carboxylic acids is 2. The molecule has 190 valence electrons.